The number of hydrogen-bond donors (Lipinski definition) is 3. The van der Waals surface area contributed by atoms with Gasteiger partial charge in [0.2, 0.25) is 5.91 Å². The molecule has 9 heteroatoms. The van der Waals surface area contributed by atoms with Crippen molar-refractivity contribution < 1.29 is 32.9 Å². The second kappa shape index (κ2) is 50.9. The lowest BCUT2D eigenvalue weighted by Crippen LogP contribution is -2.45. The highest BCUT2D eigenvalue weighted by molar-refractivity contribution is 7.47. The number of nitrogens with one attached hydrogen (secondary N) is 1. The highest BCUT2D eigenvalue weighted by Gasteiger charge is 2.27. The largest absolute Gasteiger partial charge is 0.472 e. The summed E-state index contributed by atoms with van der Waals surface area (Å²) in [6.45, 7) is 4.84. The average Bonchev–Trinajstić information content (AvgIpc) is 3.30. The summed E-state index contributed by atoms with van der Waals surface area (Å²) < 4.78 is 23.7. The van der Waals surface area contributed by atoms with Crippen LogP contribution in [-0.2, 0) is 18.4 Å². The minimum atomic E-state index is -4.35. The fourth-order valence-corrected chi connectivity index (χ4v) is 9.74. The first-order valence-corrected chi connectivity index (χ1v) is 31.2. The smallest absolute Gasteiger partial charge is 0.387 e. The number of amides is 1. The number of hydrogen-bond acceptors (Lipinski definition) is 5. The molecule has 0 radical (unpaired) electrons. The van der Waals surface area contributed by atoms with E-state index in [2.05, 4.69) is 31.3 Å². The minimum Gasteiger partial charge on any atom is -0.387 e. The number of unbranched alkanes of at least 4 members (excludes halogenated alkanes) is 40. The van der Waals surface area contributed by atoms with E-state index in [0.29, 0.717) is 17.4 Å². The molecule has 3 unspecified atom stereocenters. The number of rotatable bonds is 55. The molecular formula is C59H118N2O6P+. The summed E-state index contributed by atoms with van der Waals surface area (Å²) in [6, 6.07) is -0.860. The van der Waals surface area contributed by atoms with Gasteiger partial charge >= 0.3 is 7.82 Å². The van der Waals surface area contributed by atoms with Crippen LogP contribution >= 0.6 is 7.82 Å². The summed E-state index contributed by atoms with van der Waals surface area (Å²) >= 11 is 0. The lowest BCUT2D eigenvalue weighted by molar-refractivity contribution is -0.870. The summed E-state index contributed by atoms with van der Waals surface area (Å²) in [5, 5.41) is 13.9. The molecule has 0 aromatic carbocycles. The van der Waals surface area contributed by atoms with Gasteiger partial charge in [0.05, 0.1) is 39.9 Å². The van der Waals surface area contributed by atoms with Gasteiger partial charge < -0.3 is 19.8 Å². The van der Waals surface area contributed by atoms with E-state index < -0.39 is 20.0 Å². The Morgan fingerprint density at radius 3 is 1.18 bits per heavy atom. The number of aliphatic hydroxyl groups excluding tert-OH is 1. The molecule has 0 aromatic heterocycles. The van der Waals surface area contributed by atoms with E-state index in [1.165, 1.54) is 238 Å². The quantitative estimate of drug-likeness (QED) is 0.0243. The maximum atomic E-state index is 13.0. The first-order valence-electron chi connectivity index (χ1n) is 29.7. The van der Waals surface area contributed by atoms with Crippen molar-refractivity contribution in [3.05, 3.63) is 24.3 Å². The van der Waals surface area contributed by atoms with Crippen molar-refractivity contribution in [3.63, 3.8) is 0 Å². The summed E-state index contributed by atoms with van der Waals surface area (Å²) in [5.74, 6) is -0.180. The van der Waals surface area contributed by atoms with Crippen molar-refractivity contribution >= 4 is 13.7 Å². The van der Waals surface area contributed by atoms with Gasteiger partial charge in [0, 0.05) is 6.42 Å². The maximum Gasteiger partial charge on any atom is 0.472 e. The number of phosphoric acid groups is 1. The topological polar surface area (TPSA) is 105 Å². The molecule has 8 nitrogen and oxygen atoms in total. The molecule has 0 rings (SSSR count). The van der Waals surface area contributed by atoms with Gasteiger partial charge in [-0.25, -0.2) is 4.57 Å². The zero-order valence-electron chi connectivity index (χ0n) is 46.1. The second-order valence-electron chi connectivity index (χ2n) is 21.7. The summed E-state index contributed by atoms with van der Waals surface area (Å²) in [5.41, 5.74) is 0. The number of likely N-dealkylation sites (N-methyl/N-ethyl adjacent to an activating group) is 1. The van der Waals surface area contributed by atoms with Crippen LogP contribution in [0.15, 0.2) is 24.3 Å². The molecule has 3 N–H and O–H groups in total. The van der Waals surface area contributed by atoms with E-state index in [1.807, 2.05) is 27.2 Å². The van der Waals surface area contributed by atoms with E-state index >= 15 is 0 Å². The van der Waals surface area contributed by atoms with E-state index in [4.69, 9.17) is 9.05 Å². The Balaban J connectivity index is 4.17. The molecule has 0 fully saturated rings. The van der Waals surface area contributed by atoms with Crippen LogP contribution in [-0.4, -0.2) is 73.4 Å². The van der Waals surface area contributed by atoms with Gasteiger partial charge in [-0.2, -0.15) is 0 Å². The van der Waals surface area contributed by atoms with Crippen molar-refractivity contribution in [2.75, 3.05) is 40.9 Å². The number of quaternary nitrogens is 1. The molecule has 0 aliphatic rings. The standard InChI is InChI=1S/C59H117N2O6P/c1-6-8-10-12-14-16-18-20-22-24-26-28-29-30-31-32-33-35-37-39-41-43-45-47-49-51-53-59(63)60-57(56-67-68(64,65)66-55-54-61(3,4)5)58(62)52-50-48-46-44-42-40-38-36-34-27-25-23-21-19-17-15-13-11-9-7-2/h42,44,50,52,57-58,62H,6-41,43,45-49,51,53-56H2,1-5H3,(H-,60,63,64,65)/p+1/b44-42+,52-50+. The van der Waals surface area contributed by atoms with Crippen LogP contribution in [0.3, 0.4) is 0 Å². The molecule has 0 spiro atoms. The van der Waals surface area contributed by atoms with Gasteiger partial charge in [-0.05, 0) is 32.1 Å². The molecule has 0 aromatic rings. The van der Waals surface area contributed by atoms with Crippen LogP contribution < -0.4 is 5.32 Å². The highest BCUT2D eigenvalue weighted by Crippen LogP contribution is 2.43. The number of aliphatic hydroxyl groups is 1. The Hall–Kier alpha value is -1.02. The average molecular weight is 983 g/mol. The minimum absolute atomic E-state index is 0.0588. The molecule has 0 bridgehead atoms. The summed E-state index contributed by atoms with van der Waals surface area (Å²) in [4.78, 5) is 23.3. The molecule has 0 saturated heterocycles. The maximum absolute atomic E-state index is 13.0. The molecule has 0 heterocycles. The van der Waals surface area contributed by atoms with Gasteiger partial charge in [-0.15, -0.1) is 0 Å². The molecule has 1 amide bonds. The third kappa shape index (κ3) is 52.8. The van der Waals surface area contributed by atoms with Gasteiger partial charge in [-0.3, -0.25) is 13.8 Å². The van der Waals surface area contributed by atoms with E-state index in [-0.39, 0.29) is 19.1 Å². The second-order valence-corrected chi connectivity index (χ2v) is 23.2. The molecule has 0 aliphatic heterocycles. The fraction of sp³-hybridized carbons (Fsp3) is 0.915. The fourth-order valence-electron chi connectivity index (χ4n) is 9.00. The van der Waals surface area contributed by atoms with Gasteiger partial charge in [0.15, 0.2) is 0 Å². The van der Waals surface area contributed by atoms with Crippen molar-refractivity contribution in [2.45, 2.75) is 309 Å². The van der Waals surface area contributed by atoms with Gasteiger partial charge in [0.1, 0.15) is 13.2 Å². The van der Waals surface area contributed by atoms with Crippen molar-refractivity contribution in [2.24, 2.45) is 0 Å². The SMILES string of the molecule is CCCCCCCCCCCCCCCC/C=C/CC/C=C/C(O)C(COP(=O)(O)OCC[N+](C)(C)C)NC(=O)CCCCCCCCCCCCCCCCCCCCCCCCCCCC. The van der Waals surface area contributed by atoms with Crippen LogP contribution in [0.1, 0.15) is 296 Å². The number of nitrogens with zero attached hydrogens (tertiary/aromatic N) is 1. The Morgan fingerprint density at radius 2 is 0.809 bits per heavy atom. The monoisotopic (exact) mass is 982 g/mol. The normalized spacial score (nSPS) is 14.0. The van der Waals surface area contributed by atoms with Crippen molar-refractivity contribution in [1.29, 1.82) is 0 Å². The van der Waals surface area contributed by atoms with Gasteiger partial charge in [0.25, 0.3) is 0 Å². The lowest BCUT2D eigenvalue weighted by Gasteiger charge is -2.25. The number of phosphoric ester groups is 1. The van der Waals surface area contributed by atoms with E-state index in [0.717, 1.165) is 38.5 Å². The lowest BCUT2D eigenvalue weighted by atomic mass is 10.0. The third-order valence-electron chi connectivity index (χ3n) is 13.7. The van der Waals surface area contributed by atoms with Gasteiger partial charge in [-0.1, -0.05) is 282 Å². The first kappa shape index (κ1) is 67.0. The number of carbonyl (C=O) groups is 1. The summed E-state index contributed by atoms with van der Waals surface area (Å²) in [6.07, 6.45) is 64.3. The molecule has 404 valence electrons. The van der Waals surface area contributed by atoms with Crippen LogP contribution in [0.25, 0.3) is 0 Å². The Bertz CT molecular complexity index is 1160. The summed E-state index contributed by atoms with van der Waals surface area (Å²) in [7, 11) is 1.57. The van der Waals surface area contributed by atoms with Crippen LogP contribution in [0, 0.1) is 0 Å². The zero-order valence-corrected chi connectivity index (χ0v) is 47.0. The van der Waals surface area contributed by atoms with Crippen LogP contribution in [0.2, 0.25) is 0 Å². The zero-order chi connectivity index (χ0) is 49.9. The Labute approximate surface area is 424 Å². The third-order valence-corrected chi connectivity index (χ3v) is 14.7. The predicted molar refractivity (Wildman–Crippen MR) is 295 cm³/mol. The van der Waals surface area contributed by atoms with Crippen molar-refractivity contribution in [1.82, 2.24) is 5.32 Å². The van der Waals surface area contributed by atoms with Crippen molar-refractivity contribution in [3.8, 4) is 0 Å². The highest BCUT2D eigenvalue weighted by atomic mass is 31.2. The molecule has 0 aliphatic carbocycles. The van der Waals surface area contributed by atoms with E-state index in [9.17, 15) is 19.4 Å². The van der Waals surface area contributed by atoms with Crippen LogP contribution in [0.4, 0.5) is 0 Å². The number of carbonyl (C=O) groups excluding carboxylic acids is 1. The Kier molecular flexibility index (Phi) is 50.1. The van der Waals surface area contributed by atoms with Crippen LogP contribution in [0.5, 0.6) is 0 Å². The van der Waals surface area contributed by atoms with E-state index in [1.54, 1.807) is 6.08 Å². The Morgan fingerprint density at radius 1 is 0.485 bits per heavy atom. The molecule has 3 atom stereocenters. The predicted octanol–water partition coefficient (Wildman–Crippen LogP) is 18.0. The molecule has 68 heavy (non-hydrogen) atoms. The molecule has 0 saturated carbocycles. The molecular weight excluding hydrogens is 864 g/mol. The first-order chi connectivity index (χ1) is 33.0. The number of allylic oxidation sites excluding steroid dienone is 3.